The Hall–Kier alpha value is -4.93. The zero-order valence-corrected chi connectivity index (χ0v) is 22.8. The smallest absolute Gasteiger partial charge is 0.449 e. The molecule has 1 aliphatic rings. The van der Waals surface area contributed by atoms with Crippen molar-refractivity contribution in [1.82, 2.24) is 15.3 Å². The molecule has 2 amide bonds. The third-order valence-electron chi connectivity index (χ3n) is 6.92. The van der Waals surface area contributed by atoms with Crippen molar-refractivity contribution in [2.75, 3.05) is 18.5 Å². The van der Waals surface area contributed by atoms with Crippen LogP contribution in [0.2, 0.25) is 0 Å². The first kappa shape index (κ1) is 28.6. The predicted molar refractivity (Wildman–Crippen MR) is 151 cm³/mol. The average Bonchev–Trinajstić information content (AvgIpc) is 3.42. The molecular weight excluding hydrogens is 549 g/mol. The molecule has 0 spiro atoms. The minimum absolute atomic E-state index is 0.119. The lowest BCUT2D eigenvalue weighted by Crippen LogP contribution is -2.31. The van der Waals surface area contributed by atoms with E-state index in [0.717, 1.165) is 33.6 Å². The SMILES string of the molecule is CC(C)c1ccc(-c2cc(-c3cc(-c4cc5c([nH]4)CCNC5=O)ccn3)ccc2NC(=O)COC(=O)C(F)(F)F)cc1. The topological polar surface area (TPSA) is 113 Å². The van der Waals surface area contributed by atoms with Crippen molar-refractivity contribution in [3.05, 3.63) is 83.7 Å². The molecule has 5 rings (SSSR count). The molecular formula is C31H27F3N4O4. The Bertz CT molecular complexity index is 1660. The van der Waals surface area contributed by atoms with Gasteiger partial charge in [0.2, 0.25) is 0 Å². The van der Waals surface area contributed by atoms with Gasteiger partial charge >= 0.3 is 12.1 Å². The van der Waals surface area contributed by atoms with E-state index in [0.29, 0.717) is 41.4 Å². The number of nitrogens with zero attached hydrogens (tertiary/aromatic N) is 1. The molecule has 0 bridgehead atoms. The molecule has 1 aliphatic heterocycles. The van der Waals surface area contributed by atoms with Gasteiger partial charge in [0.15, 0.2) is 6.61 Å². The Labute approximate surface area is 239 Å². The number of aromatic amines is 1. The fraction of sp³-hybridized carbons (Fsp3) is 0.226. The van der Waals surface area contributed by atoms with E-state index in [2.05, 4.69) is 39.2 Å². The minimum atomic E-state index is -5.20. The van der Waals surface area contributed by atoms with E-state index < -0.39 is 24.7 Å². The summed E-state index contributed by atoms with van der Waals surface area (Å²) in [5.74, 6) is -3.18. The van der Waals surface area contributed by atoms with E-state index in [1.807, 2.05) is 48.5 Å². The number of esters is 1. The van der Waals surface area contributed by atoms with Crippen LogP contribution < -0.4 is 10.6 Å². The van der Waals surface area contributed by atoms with E-state index in [1.165, 1.54) is 0 Å². The second-order valence-electron chi connectivity index (χ2n) is 10.2. The summed E-state index contributed by atoms with van der Waals surface area (Å²) < 4.78 is 41.6. The number of amides is 2. The Morgan fingerprint density at radius 3 is 2.40 bits per heavy atom. The number of alkyl halides is 3. The lowest BCUT2D eigenvalue weighted by atomic mass is 9.95. The number of benzene rings is 2. The van der Waals surface area contributed by atoms with E-state index in [1.54, 1.807) is 18.3 Å². The Morgan fingerprint density at radius 1 is 0.976 bits per heavy atom. The summed E-state index contributed by atoms with van der Waals surface area (Å²) in [6.45, 7) is 3.61. The van der Waals surface area contributed by atoms with Crippen molar-refractivity contribution >= 4 is 23.5 Å². The molecule has 0 saturated heterocycles. The number of nitrogens with one attached hydrogen (secondary N) is 3. The van der Waals surface area contributed by atoms with Crippen molar-refractivity contribution in [3.63, 3.8) is 0 Å². The highest BCUT2D eigenvalue weighted by atomic mass is 19.4. The third kappa shape index (κ3) is 6.19. The highest BCUT2D eigenvalue weighted by molar-refractivity contribution is 5.99. The molecule has 4 aromatic rings. The molecule has 2 aromatic carbocycles. The van der Waals surface area contributed by atoms with Crippen molar-refractivity contribution < 1.29 is 32.3 Å². The molecule has 0 aliphatic carbocycles. The zero-order chi connectivity index (χ0) is 30.0. The molecule has 2 aromatic heterocycles. The molecule has 0 saturated carbocycles. The fourth-order valence-corrected chi connectivity index (χ4v) is 4.70. The van der Waals surface area contributed by atoms with Gasteiger partial charge in [0.1, 0.15) is 0 Å². The maximum Gasteiger partial charge on any atom is 0.490 e. The number of anilines is 1. The third-order valence-corrected chi connectivity index (χ3v) is 6.92. The van der Waals surface area contributed by atoms with Gasteiger partial charge in [0, 0.05) is 52.9 Å². The van der Waals surface area contributed by atoms with Gasteiger partial charge in [0.25, 0.3) is 11.8 Å². The number of carbonyl (C=O) groups excluding carboxylic acids is 3. The number of fused-ring (bicyclic) bond motifs is 1. The fourth-order valence-electron chi connectivity index (χ4n) is 4.70. The van der Waals surface area contributed by atoms with E-state index in [-0.39, 0.29) is 5.91 Å². The van der Waals surface area contributed by atoms with Gasteiger partial charge < -0.3 is 20.4 Å². The first-order chi connectivity index (χ1) is 20.0. The summed E-state index contributed by atoms with van der Waals surface area (Å²) in [4.78, 5) is 43.6. The summed E-state index contributed by atoms with van der Waals surface area (Å²) in [7, 11) is 0. The van der Waals surface area contributed by atoms with E-state index >= 15 is 0 Å². The lowest BCUT2D eigenvalue weighted by Gasteiger charge is -2.15. The molecule has 0 atom stereocenters. The number of rotatable bonds is 7. The maximum absolute atomic E-state index is 12.5. The van der Waals surface area contributed by atoms with Crippen molar-refractivity contribution in [1.29, 1.82) is 0 Å². The summed E-state index contributed by atoms with van der Waals surface area (Å²) in [6.07, 6.45) is -2.83. The zero-order valence-electron chi connectivity index (χ0n) is 22.8. The number of carbonyl (C=O) groups is 3. The van der Waals surface area contributed by atoms with Gasteiger partial charge in [-0.1, -0.05) is 44.2 Å². The van der Waals surface area contributed by atoms with Crippen molar-refractivity contribution in [2.24, 2.45) is 0 Å². The van der Waals surface area contributed by atoms with Crippen LogP contribution in [0.1, 0.15) is 41.4 Å². The molecule has 11 heteroatoms. The molecule has 3 heterocycles. The van der Waals surface area contributed by atoms with E-state index in [4.69, 9.17) is 0 Å². The molecule has 42 heavy (non-hydrogen) atoms. The van der Waals surface area contributed by atoms with Crippen molar-refractivity contribution in [3.8, 4) is 33.6 Å². The van der Waals surface area contributed by atoms with Crippen LogP contribution in [0.3, 0.4) is 0 Å². The first-order valence-electron chi connectivity index (χ1n) is 13.2. The second-order valence-corrected chi connectivity index (χ2v) is 10.2. The quantitative estimate of drug-likeness (QED) is 0.239. The van der Waals surface area contributed by atoms with Gasteiger partial charge in [-0.05, 0) is 47.4 Å². The molecule has 3 N–H and O–H groups in total. The van der Waals surface area contributed by atoms with Crippen molar-refractivity contribution in [2.45, 2.75) is 32.4 Å². The number of hydrogen-bond acceptors (Lipinski definition) is 5. The Morgan fingerprint density at radius 2 is 1.71 bits per heavy atom. The molecule has 8 nitrogen and oxygen atoms in total. The van der Waals surface area contributed by atoms with Gasteiger partial charge in [0.05, 0.1) is 11.3 Å². The van der Waals surface area contributed by atoms with Crippen LogP contribution in [0.5, 0.6) is 0 Å². The van der Waals surface area contributed by atoms with Crippen LogP contribution in [-0.2, 0) is 20.7 Å². The van der Waals surface area contributed by atoms with Gasteiger partial charge in [-0.2, -0.15) is 13.2 Å². The lowest BCUT2D eigenvalue weighted by molar-refractivity contribution is -0.199. The highest BCUT2D eigenvalue weighted by Crippen LogP contribution is 2.35. The highest BCUT2D eigenvalue weighted by Gasteiger charge is 2.41. The van der Waals surface area contributed by atoms with E-state index in [9.17, 15) is 27.6 Å². The average molecular weight is 577 g/mol. The van der Waals surface area contributed by atoms with Gasteiger partial charge in [-0.15, -0.1) is 0 Å². The number of H-pyrrole nitrogens is 1. The Balaban J connectivity index is 1.47. The number of hydrogen-bond donors (Lipinski definition) is 3. The summed E-state index contributed by atoms with van der Waals surface area (Å²) in [6, 6.07) is 18.4. The van der Waals surface area contributed by atoms with Crippen LogP contribution in [0.25, 0.3) is 33.6 Å². The van der Waals surface area contributed by atoms with Crippen LogP contribution in [0.4, 0.5) is 18.9 Å². The summed E-state index contributed by atoms with van der Waals surface area (Å²) >= 11 is 0. The number of aromatic nitrogens is 2. The largest absolute Gasteiger partial charge is 0.490 e. The Kier molecular flexibility index (Phi) is 7.84. The molecule has 216 valence electrons. The van der Waals surface area contributed by atoms with Gasteiger partial charge in [-0.3, -0.25) is 14.6 Å². The number of halogens is 3. The maximum atomic E-state index is 12.5. The minimum Gasteiger partial charge on any atom is -0.449 e. The molecule has 0 fully saturated rings. The monoisotopic (exact) mass is 576 g/mol. The van der Waals surface area contributed by atoms with Gasteiger partial charge in [-0.25, -0.2) is 4.79 Å². The number of pyridine rings is 1. The van der Waals surface area contributed by atoms with Crippen LogP contribution >= 0.6 is 0 Å². The second kappa shape index (κ2) is 11.5. The van der Waals surface area contributed by atoms with Crippen LogP contribution in [0.15, 0.2) is 66.9 Å². The predicted octanol–water partition coefficient (Wildman–Crippen LogP) is 5.86. The summed E-state index contributed by atoms with van der Waals surface area (Å²) in [5.41, 5.74) is 7.22. The number of ether oxygens (including phenoxy) is 1. The molecule has 0 radical (unpaired) electrons. The standard InChI is InChI=1S/C31H27F3N4O4/c1-17(2)18-3-5-19(6-4-18)22-13-20(7-8-24(22)38-28(39)16-42-30(41)31(32,33)34)26-14-21(9-11-35-26)27-15-23-25(37-27)10-12-36-29(23)40/h3-9,11,13-15,17,37H,10,12,16H2,1-2H3,(H,36,40)(H,38,39). The molecule has 0 unspecified atom stereocenters. The van der Waals surface area contributed by atoms with Crippen LogP contribution in [0, 0.1) is 0 Å². The van der Waals surface area contributed by atoms with Crippen LogP contribution in [-0.4, -0.2) is 47.1 Å². The normalized spacial score (nSPS) is 13.0. The first-order valence-corrected chi connectivity index (χ1v) is 13.2. The summed E-state index contributed by atoms with van der Waals surface area (Å²) in [5, 5.41) is 5.39.